The Balaban J connectivity index is 2.18. The first-order valence-corrected chi connectivity index (χ1v) is 9.80. The van der Waals surface area contributed by atoms with Crippen molar-refractivity contribution >= 4 is 11.8 Å². The minimum Gasteiger partial charge on any atom is -0.354 e. The van der Waals surface area contributed by atoms with Crippen LogP contribution in [0.3, 0.4) is 0 Å². The first-order chi connectivity index (χ1) is 13.2. The molecule has 2 aromatic rings. The molecule has 0 unspecified atom stereocenters. The molecular formula is C23H30N2O2. The molecule has 2 amide bonds. The van der Waals surface area contributed by atoms with Crippen LogP contribution in [-0.4, -0.2) is 29.3 Å². The average molecular weight is 367 g/mol. The van der Waals surface area contributed by atoms with Crippen molar-refractivity contribution in [2.45, 2.75) is 52.1 Å². The summed E-state index contributed by atoms with van der Waals surface area (Å²) in [6, 6.07) is 19.1. The third-order valence-electron chi connectivity index (χ3n) is 4.61. The van der Waals surface area contributed by atoms with Gasteiger partial charge in [-0.2, -0.15) is 0 Å². The van der Waals surface area contributed by atoms with Crippen LogP contribution in [0.5, 0.6) is 0 Å². The van der Waals surface area contributed by atoms with E-state index in [1.807, 2.05) is 67.6 Å². The SMILES string of the molecule is CCCCNC(=O)[C@@H](CC)N(Cc1ccccc1)C(=O)Cc1ccccc1. The van der Waals surface area contributed by atoms with E-state index in [2.05, 4.69) is 12.2 Å². The third-order valence-corrected chi connectivity index (χ3v) is 4.61. The molecule has 1 atom stereocenters. The summed E-state index contributed by atoms with van der Waals surface area (Å²) >= 11 is 0. The van der Waals surface area contributed by atoms with Gasteiger partial charge in [-0.25, -0.2) is 0 Å². The number of unbranched alkanes of at least 4 members (excludes halogenated alkanes) is 1. The van der Waals surface area contributed by atoms with Gasteiger partial charge in [0.2, 0.25) is 11.8 Å². The highest BCUT2D eigenvalue weighted by Gasteiger charge is 2.28. The molecule has 1 N–H and O–H groups in total. The maximum atomic E-state index is 13.1. The van der Waals surface area contributed by atoms with E-state index in [0.717, 1.165) is 24.0 Å². The van der Waals surface area contributed by atoms with Crippen molar-refractivity contribution in [2.75, 3.05) is 6.54 Å². The van der Waals surface area contributed by atoms with Crippen LogP contribution in [0, 0.1) is 0 Å². The summed E-state index contributed by atoms with van der Waals surface area (Å²) in [5.74, 6) is -0.0918. The molecule has 0 aliphatic rings. The number of carbonyl (C=O) groups is 2. The minimum atomic E-state index is -0.460. The fourth-order valence-corrected chi connectivity index (χ4v) is 3.08. The van der Waals surface area contributed by atoms with Crippen LogP contribution in [0.15, 0.2) is 60.7 Å². The lowest BCUT2D eigenvalue weighted by molar-refractivity contribution is -0.140. The van der Waals surface area contributed by atoms with Gasteiger partial charge in [0.25, 0.3) is 0 Å². The molecular weight excluding hydrogens is 336 g/mol. The highest BCUT2D eigenvalue weighted by molar-refractivity contribution is 5.88. The van der Waals surface area contributed by atoms with E-state index < -0.39 is 6.04 Å². The third kappa shape index (κ3) is 6.55. The molecule has 27 heavy (non-hydrogen) atoms. The van der Waals surface area contributed by atoms with Gasteiger partial charge in [-0.05, 0) is 24.0 Å². The van der Waals surface area contributed by atoms with E-state index >= 15 is 0 Å². The number of hydrogen-bond acceptors (Lipinski definition) is 2. The molecule has 0 saturated heterocycles. The fraction of sp³-hybridized carbons (Fsp3) is 0.391. The molecule has 4 heteroatoms. The number of nitrogens with one attached hydrogen (secondary N) is 1. The summed E-state index contributed by atoms with van der Waals surface area (Å²) < 4.78 is 0. The zero-order valence-electron chi connectivity index (χ0n) is 16.4. The maximum Gasteiger partial charge on any atom is 0.242 e. The van der Waals surface area contributed by atoms with Gasteiger partial charge in [-0.3, -0.25) is 9.59 Å². The monoisotopic (exact) mass is 366 g/mol. The molecule has 0 fully saturated rings. The van der Waals surface area contributed by atoms with E-state index in [4.69, 9.17) is 0 Å². The van der Waals surface area contributed by atoms with E-state index in [1.165, 1.54) is 0 Å². The summed E-state index contributed by atoms with van der Waals surface area (Å²) in [7, 11) is 0. The number of carbonyl (C=O) groups excluding carboxylic acids is 2. The number of amides is 2. The van der Waals surface area contributed by atoms with Crippen molar-refractivity contribution in [3.63, 3.8) is 0 Å². The number of rotatable bonds is 10. The Morgan fingerprint density at radius 1 is 0.926 bits per heavy atom. The highest BCUT2D eigenvalue weighted by Crippen LogP contribution is 2.14. The van der Waals surface area contributed by atoms with E-state index in [0.29, 0.717) is 25.9 Å². The Morgan fingerprint density at radius 3 is 2.07 bits per heavy atom. The van der Waals surface area contributed by atoms with Crippen LogP contribution in [0.25, 0.3) is 0 Å². The zero-order chi connectivity index (χ0) is 19.5. The Kier molecular flexibility index (Phi) is 8.56. The van der Waals surface area contributed by atoms with Gasteiger partial charge < -0.3 is 10.2 Å². The van der Waals surface area contributed by atoms with Gasteiger partial charge in [-0.1, -0.05) is 80.9 Å². The summed E-state index contributed by atoms with van der Waals surface area (Å²) in [6.45, 7) is 5.14. The van der Waals surface area contributed by atoms with Gasteiger partial charge in [0.05, 0.1) is 6.42 Å². The Morgan fingerprint density at radius 2 is 1.52 bits per heavy atom. The molecule has 0 aromatic heterocycles. The second kappa shape index (κ2) is 11.2. The number of benzene rings is 2. The van der Waals surface area contributed by atoms with Gasteiger partial charge in [-0.15, -0.1) is 0 Å². The largest absolute Gasteiger partial charge is 0.354 e. The van der Waals surface area contributed by atoms with Crippen LogP contribution < -0.4 is 5.32 Å². The van der Waals surface area contributed by atoms with Crippen LogP contribution in [0.2, 0.25) is 0 Å². The van der Waals surface area contributed by atoms with Crippen molar-refractivity contribution < 1.29 is 9.59 Å². The predicted molar refractivity (Wildman–Crippen MR) is 109 cm³/mol. The smallest absolute Gasteiger partial charge is 0.242 e. The lowest BCUT2D eigenvalue weighted by Crippen LogP contribution is -2.49. The average Bonchev–Trinajstić information content (AvgIpc) is 2.69. The molecule has 4 nitrogen and oxygen atoms in total. The van der Waals surface area contributed by atoms with Crippen LogP contribution in [0.1, 0.15) is 44.2 Å². The maximum absolute atomic E-state index is 13.1. The molecule has 0 bridgehead atoms. The lowest BCUT2D eigenvalue weighted by atomic mass is 10.1. The molecule has 0 aliphatic carbocycles. The van der Waals surface area contributed by atoms with Gasteiger partial charge >= 0.3 is 0 Å². The molecule has 2 aromatic carbocycles. The van der Waals surface area contributed by atoms with Crippen molar-refractivity contribution in [1.29, 1.82) is 0 Å². The first kappa shape index (κ1) is 20.7. The molecule has 0 aliphatic heterocycles. The van der Waals surface area contributed by atoms with Crippen LogP contribution in [-0.2, 0) is 22.6 Å². The van der Waals surface area contributed by atoms with E-state index in [-0.39, 0.29) is 11.8 Å². The molecule has 0 spiro atoms. The molecule has 0 heterocycles. The van der Waals surface area contributed by atoms with Crippen LogP contribution >= 0.6 is 0 Å². The minimum absolute atomic E-state index is 0.0254. The summed E-state index contributed by atoms with van der Waals surface area (Å²) in [6.07, 6.45) is 2.86. The second-order valence-electron chi connectivity index (χ2n) is 6.74. The number of nitrogens with zero attached hydrogens (tertiary/aromatic N) is 1. The normalized spacial score (nSPS) is 11.6. The lowest BCUT2D eigenvalue weighted by Gasteiger charge is -2.30. The Hall–Kier alpha value is -2.62. The van der Waals surface area contributed by atoms with Crippen LogP contribution in [0.4, 0.5) is 0 Å². The van der Waals surface area contributed by atoms with Crippen molar-refractivity contribution in [2.24, 2.45) is 0 Å². The van der Waals surface area contributed by atoms with Crippen molar-refractivity contribution in [3.8, 4) is 0 Å². The number of hydrogen-bond donors (Lipinski definition) is 1. The van der Waals surface area contributed by atoms with E-state index in [9.17, 15) is 9.59 Å². The summed E-state index contributed by atoms with van der Waals surface area (Å²) in [5.41, 5.74) is 1.99. The van der Waals surface area contributed by atoms with E-state index in [1.54, 1.807) is 4.90 Å². The molecule has 0 saturated carbocycles. The summed E-state index contributed by atoms with van der Waals surface area (Å²) in [5, 5.41) is 2.99. The first-order valence-electron chi connectivity index (χ1n) is 9.80. The van der Waals surface area contributed by atoms with Gasteiger partial charge in [0.1, 0.15) is 6.04 Å². The second-order valence-corrected chi connectivity index (χ2v) is 6.74. The van der Waals surface area contributed by atoms with Crippen molar-refractivity contribution in [1.82, 2.24) is 10.2 Å². The molecule has 2 rings (SSSR count). The molecule has 0 radical (unpaired) electrons. The van der Waals surface area contributed by atoms with Gasteiger partial charge in [0.15, 0.2) is 0 Å². The summed E-state index contributed by atoms with van der Waals surface area (Å²) in [4.78, 5) is 27.6. The highest BCUT2D eigenvalue weighted by atomic mass is 16.2. The molecule has 144 valence electrons. The topological polar surface area (TPSA) is 49.4 Å². The fourth-order valence-electron chi connectivity index (χ4n) is 3.08. The predicted octanol–water partition coefficient (Wildman–Crippen LogP) is 3.95. The van der Waals surface area contributed by atoms with Gasteiger partial charge in [0, 0.05) is 13.1 Å². The van der Waals surface area contributed by atoms with Crippen molar-refractivity contribution in [3.05, 3.63) is 71.8 Å². The Bertz CT molecular complexity index is 701. The zero-order valence-corrected chi connectivity index (χ0v) is 16.4. The quantitative estimate of drug-likeness (QED) is 0.647. The standard InChI is InChI=1S/C23H30N2O2/c1-3-5-16-24-23(27)21(4-2)25(18-20-14-10-7-11-15-20)22(26)17-19-12-8-6-9-13-19/h6-15,21H,3-5,16-18H2,1-2H3,(H,24,27)/t21-/m1/s1. The Labute approximate surface area is 162 Å².